The molecule has 2 rings (SSSR count). The molecule has 8 nitrogen and oxygen atoms in total. The van der Waals surface area contributed by atoms with E-state index < -0.39 is 21.5 Å². The molecule has 0 bridgehead atoms. The Morgan fingerprint density at radius 1 is 1.00 bits per heavy atom. The predicted octanol–water partition coefficient (Wildman–Crippen LogP) is 2.73. The van der Waals surface area contributed by atoms with Gasteiger partial charge in [-0.05, 0) is 56.7 Å². The van der Waals surface area contributed by atoms with Gasteiger partial charge < -0.3 is 19.5 Å². The van der Waals surface area contributed by atoms with Crippen LogP contribution in [0, 0.1) is 0 Å². The van der Waals surface area contributed by atoms with E-state index >= 15 is 0 Å². The van der Waals surface area contributed by atoms with Crippen LogP contribution in [0.4, 0.5) is 0 Å². The number of sulfonamides is 1. The lowest BCUT2D eigenvalue weighted by Gasteiger charge is -2.21. The number of rotatable bonds is 10. The van der Waals surface area contributed by atoms with Gasteiger partial charge in [-0.15, -0.1) is 0 Å². The number of hydrogen-bond donors (Lipinski definition) is 2. The molecule has 2 N–H and O–H groups in total. The highest BCUT2D eigenvalue weighted by atomic mass is 32.2. The third-order valence-corrected chi connectivity index (χ3v) is 5.87. The lowest BCUT2D eigenvalue weighted by atomic mass is 10.1. The summed E-state index contributed by atoms with van der Waals surface area (Å²) in [6.07, 6.45) is 0. The second-order valence-electron chi connectivity index (χ2n) is 7.89. The second kappa shape index (κ2) is 10.6. The van der Waals surface area contributed by atoms with E-state index in [4.69, 9.17) is 14.2 Å². The molecule has 0 atom stereocenters. The van der Waals surface area contributed by atoms with Gasteiger partial charge >= 0.3 is 0 Å². The molecule has 0 heterocycles. The van der Waals surface area contributed by atoms with E-state index in [1.54, 1.807) is 27.9 Å². The van der Waals surface area contributed by atoms with E-state index in [1.165, 1.54) is 25.3 Å². The molecule has 0 radical (unpaired) electrons. The zero-order valence-electron chi connectivity index (χ0n) is 18.5. The lowest BCUT2D eigenvalue weighted by Crippen LogP contribution is -2.40. The minimum atomic E-state index is -3.88. The number of amides is 1. The molecule has 2 aromatic carbocycles. The van der Waals surface area contributed by atoms with Gasteiger partial charge in [0, 0.05) is 24.8 Å². The van der Waals surface area contributed by atoms with Gasteiger partial charge in [0.25, 0.3) is 5.91 Å². The molecule has 0 saturated heterocycles. The van der Waals surface area contributed by atoms with Gasteiger partial charge in [-0.1, -0.05) is 12.1 Å². The molecule has 0 saturated carbocycles. The summed E-state index contributed by atoms with van der Waals surface area (Å²) < 4.78 is 43.7. The van der Waals surface area contributed by atoms with Crippen LogP contribution in [0.15, 0.2) is 47.4 Å². The van der Waals surface area contributed by atoms with Crippen molar-refractivity contribution < 1.29 is 27.4 Å². The summed E-state index contributed by atoms with van der Waals surface area (Å²) in [4.78, 5) is 12.5. The van der Waals surface area contributed by atoms with Crippen LogP contribution in [0.2, 0.25) is 0 Å². The third kappa shape index (κ3) is 7.54. The molecule has 0 aliphatic carbocycles. The summed E-state index contributed by atoms with van der Waals surface area (Å²) in [6, 6.07) is 11.6. The summed E-state index contributed by atoms with van der Waals surface area (Å²) in [5.41, 5.74) is 0.416. The average molecular weight is 451 g/mol. The van der Waals surface area contributed by atoms with E-state index in [-0.39, 0.29) is 22.8 Å². The van der Waals surface area contributed by atoms with Crippen LogP contribution < -0.4 is 19.5 Å². The fourth-order valence-electron chi connectivity index (χ4n) is 2.72. The monoisotopic (exact) mass is 450 g/mol. The van der Waals surface area contributed by atoms with Crippen molar-refractivity contribution in [1.82, 2.24) is 10.0 Å². The minimum Gasteiger partial charge on any atom is -0.495 e. The molecule has 0 spiro atoms. The van der Waals surface area contributed by atoms with Gasteiger partial charge in [-0.3, -0.25) is 4.79 Å². The van der Waals surface area contributed by atoms with Crippen LogP contribution in [-0.4, -0.2) is 47.3 Å². The maximum absolute atomic E-state index is 12.8. The number of nitrogens with one attached hydrogen (secondary N) is 2. The van der Waals surface area contributed by atoms with Gasteiger partial charge in [0.15, 0.2) is 0 Å². The molecule has 31 heavy (non-hydrogen) atoms. The van der Waals surface area contributed by atoms with Crippen LogP contribution in [-0.2, 0) is 21.3 Å². The Morgan fingerprint density at radius 2 is 1.68 bits per heavy atom. The van der Waals surface area contributed by atoms with E-state index in [2.05, 4.69) is 10.0 Å². The van der Waals surface area contributed by atoms with E-state index in [1.807, 2.05) is 24.3 Å². The van der Waals surface area contributed by atoms with Gasteiger partial charge in [-0.25, -0.2) is 13.1 Å². The topological polar surface area (TPSA) is 103 Å². The van der Waals surface area contributed by atoms with Crippen molar-refractivity contribution in [2.75, 3.05) is 27.4 Å². The van der Waals surface area contributed by atoms with Gasteiger partial charge in [0.05, 0.1) is 13.7 Å². The number of ether oxygens (including phenoxy) is 3. The number of methoxy groups -OCH3 is 2. The quantitative estimate of drug-likeness (QED) is 0.540. The van der Waals surface area contributed by atoms with Crippen molar-refractivity contribution >= 4 is 15.9 Å². The molecule has 0 aliphatic heterocycles. The molecule has 9 heteroatoms. The van der Waals surface area contributed by atoms with Crippen molar-refractivity contribution in [3.8, 4) is 11.5 Å². The molecule has 0 unspecified atom stereocenters. The van der Waals surface area contributed by atoms with Crippen LogP contribution in [0.25, 0.3) is 0 Å². The molecule has 0 aromatic heterocycles. The Bertz CT molecular complexity index is 982. The highest BCUT2D eigenvalue weighted by Crippen LogP contribution is 2.26. The Kier molecular flexibility index (Phi) is 8.43. The smallest absolute Gasteiger partial charge is 0.251 e. The van der Waals surface area contributed by atoms with E-state index in [0.29, 0.717) is 19.0 Å². The third-order valence-electron chi connectivity index (χ3n) is 4.09. The SMILES string of the molecule is COCCOc1ccc(CNC(=O)c2ccc(OC)c(S(=O)(=O)NC(C)(C)C)c2)cc1. The van der Waals surface area contributed by atoms with Gasteiger partial charge in [-0.2, -0.15) is 0 Å². The highest BCUT2D eigenvalue weighted by molar-refractivity contribution is 7.89. The first-order chi connectivity index (χ1) is 14.6. The Hall–Kier alpha value is -2.62. The Labute approximate surface area is 184 Å². The Balaban J connectivity index is 2.10. The summed E-state index contributed by atoms with van der Waals surface area (Å²) in [5, 5.41) is 2.80. The second-order valence-corrected chi connectivity index (χ2v) is 9.54. The first-order valence-corrected chi connectivity index (χ1v) is 11.2. The maximum atomic E-state index is 12.8. The molecular formula is C22H30N2O6S. The van der Waals surface area contributed by atoms with E-state index in [9.17, 15) is 13.2 Å². The van der Waals surface area contributed by atoms with E-state index in [0.717, 1.165) is 5.56 Å². The van der Waals surface area contributed by atoms with Crippen molar-refractivity contribution in [1.29, 1.82) is 0 Å². The molecule has 0 fully saturated rings. The largest absolute Gasteiger partial charge is 0.495 e. The first-order valence-electron chi connectivity index (χ1n) is 9.76. The summed E-state index contributed by atoms with van der Waals surface area (Å²) >= 11 is 0. The van der Waals surface area contributed by atoms with Gasteiger partial charge in [0.2, 0.25) is 10.0 Å². The fraction of sp³-hybridized carbons (Fsp3) is 0.409. The zero-order chi connectivity index (χ0) is 23.1. The normalized spacial score (nSPS) is 11.8. The summed E-state index contributed by atoms with van der Waals surface area (Å²) in [7, 11) is -0.885. The fourth-order valence-corrected chi connectivity index (χ4v) is 4.33. The first kappa shape index (κ1) is 24.6. The lowest BCUT2D eigenvalue weighted by molar-refractivity contribution is 0.0950. The summed E-state index contributed by atoms with van der Waals surface area (Å²) in [6.45, 7) is 6.46. The van der Waals surface area contributed by atoms with Crippen LogP contribution >= 0.6 is 0 Å². The van der Waals surface area contributed by atoms with Crippen molar-refractivity contribution in [3.05, 3.63) is 53.6 Å². The number of hydrogen-bond acceptors (Lipinski definition) is 6. The van der Waals surface area contributed by atoms with Crippen molar-refractivity contribution in [2.45, 2.75) is 37.8 Å². The molecule has 2 aromatic rings. The molecular weight excluding hydrogens is 420 g/mol. The minimum absolute atomic E-state index is 0.0878. The average Bonchev–Trinajstić information content (AvgIpc) is 2.71. The predicted molar refractivity (Wildman–Crippen MR) is 118 cm³/mol. The van der Waals surface area contributed by atoms with Crippen molar-refractivity contribution in [3.63, 3.8) is 0 Å². The van der Waals surface area contributed by atoms with Gasteiger partial charge in [0.1, 0.15) is 23.0 Å². The zero-order valence-corrected chi connectivity index (χ0v) is 19.3. The Morgan fingerprint density at radius 3 is 2.26 bits per heavy atom. The maximum Gasteiger partial charge on any atom is 0.251 e. The van der Waals surface area contributed by atoms with Crippen LogP contribution in [0.5, 0.6) is 11.5 Å². The highest BCUT2D eigenvalue weighted by Gasteiger charge is 2.26. The number of benzene rings is 2. The number of carbonyl (C=O) groups is 1. The molecule has 170 valence electrons. The molecule has 0 aliphatic rings. The van der Waals surface area contributed by atoms with Crippen molar-refractivity contribution in [2.24, 2.45) is 0 Å². The summed E-state index contributed by atoms with van der Waals surface area (Å²) in [5.74, 6) is 0.483. The van der Waals surface area contributed by atoms with Crippen LogP contribution in [0.3, 0.4) is 0 Å². The standard InChI is InChI=1S/C22H30N2O6S/c1-22(2,3)24-31(26,27)20-14-17(8-11-19(20)29-5)21(25)23-15-16-6-9-18(10-7-16)30-13-12-28-4/h6-11,14,24H,12-13,15H2,1-5H3,(H,23,25). The number of carbonyl (C=O) groups excluding carboxylic acids is 1. The molecule has 1 amide bonds. The van der Waals surface area contributed by atoms with Crippen LogP contribution in [0.1, 0.15) is 36.7 Å².